The highest BCUT2D eigenvalue weighted by molar-refractivity contribution is 5.90. The second kappa shape index (κ2) is 4.45. The minimum Gasteiger partial charge on any atom is -0.351 e. The van der Waals surface area contributed by atoms with E-state index in [1.165, 1.54) is 5.56 Å². The minimum absolute atomic E-state index is 0.0355. The fourth-order valence-electron chi connectivity index (χ4n) is 3.38. The van der Waals surface area contributed by atoms with E-state index in [0.717, 1.165) is 35.5 Å². The van der Waals surface area contributed by atoms with Crippen molar-refractivity contribution < 1.29 is 4.79 Å². The van der Waals surface area contributed by atoms with Crippen molar-refractivity contribution in [3.05, 3.63) is 46.8 Å². The fourth-order valence-corrected chi connectivity index (χ4v) is 3.38. The average Bonchev–Trinajstić information content (AvgIpc) is 3.32. The summed E-state index contributed by atoms with van der Waals surface area (Å²) in [5.74, 6) is 0.921. The number of amides is 1. The van der Waals surface area contributed by atoms with Crippen molar-refractivity contribution in [2.24, 2.45) is 11.3 Å². The fraction of sp³-hybridized carbons (Fsp3) is 0.444. The van der Waals surface area contributed by atoms with Crippen LogP contribution in [0.5, 0.6) is 0 Å². The van der Waals surface area contributed by atoms with Gasteiger partial charge in [-0.05, 0) is 51.2 Å². The number of hydrogen-bond acceptors (Lipinski definition) is 2. The maximum Gasteiger partial charge on any atom is 0.226 e. The first-order valence-electron chi connectivity index (χ1n) is 7.92. The molecule has 0 spiro atoms. The number of aryl methyl sites for hydroxylation is 2. The largest absolute Gasteiger partial charge is 0.351 e. The number of rotatable bonds is 4. The normalized spacial score (nSPS) is 24.8. The molecular weight excluding hydrogens is 274 g/mol. The first-order chi connectivity index (χ1) is 10.5. The standard InChI is InChI=1S/C18H21N3O/c1-11-6-4-5-7-16(11)21-13(3)15(12(2)20-21)10-19-17(22)18-8-14(18)9-18/h4-7,14H,8-10H2,1-3H3,(H,19,22). The Bertz CT molecular complexity index is 769. The molecule has 0 aliphatic heterocycles. The van der Waals surface area contributed by atoms with E-state index in [1.54, 1.807) is 0 Å². The Balaban J connectivity index is 1.58. The second-order valence-corrected chi connectivity index (χ2v) is 6.79. The molecule has 114 valence electrons. The molecule has 2 aliphatic rings. The van der Waals surface area contributed by atoms with Crippen molar-refractivity contribution in [1.29, 1.82) is 0 Å². The Morgan fingerprint density at radius 1 is 1.32 bits per heavy atom. The summed E-state index contributed by atoms with van der Waals surface area (Å²) < 4.78 is 1.99. The number of fused-ring (bicyclic) bond motifs is 1. The van der Waals surface area contributed by atoms with Crippen molar-refractivity contribution in [2.45, 2.75) is 40.2 Å². The van der Waals surface area contributed by atoms with Crippen LogP contribution in [0.1, 0.15) is 35.4 Å². The molecule has 1 N–H and O–H groups in total. The summed E-state index contributed by atoms with van der Waals surface area (Å²) in [6, 6.07) is 8.23. The molecule has 2 aliphatic carbocycles. The van der Waals surface area contributed by atoms with Crippen LogP contribution in [0.2, 0.25) is 0 Å². The SMILES string of the molecule is Cc1ccccc1-n1nc(C)c(CNC(=O)C23CC2C3)c1C. The molecule has 2 fully saturated rings. The second-order valence-electron chi connectivity index (χ2n) is 6.79. The van der Waals surface area contributed by atoms with Gasteiger partial charge in [0.25, 0.3) is 0 Å². The lowest BCUT2D eigenvalue weighted by molar-refractivity contribution is -0.124. The lowest BCUT2D eigenvalue weighted by Crippen LogP contribution is -2.27. The van der Waals surface area contributed by atoms with Crippen molar-refractivity contribution >= 4 is 5.91 Å². The molecule has 0 bridgehead atoms. The molecule has 2 aromatic rings. The molecule has 1 aromatic carbocycles. The summed E-state index contributed by atoms with van der Waals surface area (Å²) in [7, 11) is 0. The van der Waals surface area contributed by atoms with Gasteiger partial charge in [-0.25, -0.2) is 4.68 Å². The Morgan fingerprint density at radius 2 is 2.00 bits per heavy atom. The highest BCUT2D eigenvalue weighted by atomic mass is 16.2. The number of nitrogens with zero attached hydrogens (tertiary/aromatic N) is 2. The molecule has 1 amide bonds. The maximum atomic E-state index is 12.2. The van der Waals surface area contributed by atoms with Gasteiger partial charge in [0.2, 0.25) is 5.91 Å². The van der Waals surface area contributed by atoms with Gasteiger partial charge in [-0.3, -0.25) is 4.79 Å². The Morgan fingerprint density at radius 3 is 2.64 bits per heavy atom. The predicted octanol–water partition coefficient (Wildman–Crippen LogP) is 2.82. The molecule has 1 heterocycles. The predicted molar refractivity (Wildman–Crippen MR) is 84.8 cm³/mol. The number of para-hydroxylation sites is 1. The van der Waals surface area contributed by atoms with Gasteiger partial charge in [0.05, 0.1) is 16.8 Å². The summed E-state index contributed by atoms with van der Waals surface area (Å²) in [6.07, 6.45) is 2.19. The van der Waals surface area contributed by atoms with Crippen LogP contribution >= 0.6 is 0 Å². The van der Waals surface area contributed by atoms with Gasteiger partial charge in [-0.15, -0.1) is 0 Å². The monoisotopic (exact) mass is 295 g/mol. The Kier molecular flexibility index (Phi) is 2.74. The van der Waals surface area contributed by atoms with Gasteiger partial charge in [-0.2, -0.15) is 5.10 Å². The molecule has 4 nitrogen and oxygen atoms in total. The summed E-state index contributed by atoms with van der Waals surface area (Å²) in [5, 5.41) is 7.78. The molecule has 0 atom stereocenters. The van der Waals surface area contributed by atoms with E-state index in [4.69, 9.17) is 0 Å². The molecule has 2 saturated carbocycles. The van der Waals surface area contributed by atoms with Gasteiger partial charge in [0.15, 0.2) is 0 Å². The number of hydrogen-bond donors (Lipinski definition) is 1. The van der Waals surface area contributed by atoms with Crippen molar-refractivity contribution in [2.75, 3.05) is 0 Å². The summed E-state index contributed by atoms with van der Waals surface area (Å²) >= 11 is 0. The van der Waals surface area contributed by atoms with Gasteiger partial charge in [-0.1, -0.05) is 18.2 Å². The van der Waals surface area contributed by atoms with E-state index in [-0.39, 0.29) is 11.3 Å². The number of carbonyl (C=O) groups is 1. The molecular formula is C18H21N3O. The van der Waals surface area contributed by atoms with Crippen LogP contribution in [0.15, 0.2) is 24.3 Å². The minimum atomic E-state index is 0.0355. The number of aromatic nitrogens is 2. The number of carbonyl (C=O) groups excluding carboxylic acids is 1. The van der Waals surface area contributed by atoms with Crippen LogP contribution in [-0.4, -0.2) is 15.7 Å². The first-order valence-corrected chi connectivity index (χ1v) is 7.92. The van der Waals surface area contributed by atoms with E-state index in [9.17, 15) is 4.79 Å². The van der Waals surface area contributed by atoms with E-state index >= 15 is 0 Å². The molecule has 4 rings (SSSR count). The Labute approximate surface area is 130 Å². The summed E-state index contributed by atoms with van der Waals surface area (Å²) in [4.78, 5) is 12.2. The third-order valence-electron chi connectivity index (χ3n) is 5.35. The van der Waals surface area contributed by atoms with E-state index in [0.29, 0.717) is 12.5 Å². The molecule has 0 saturated heterocycles. The van der Waals surface area contributed by atoms with Crippen molar-refractivity contribution in [3.63, 3.8) is 0 Å². The lowest BCUT2D eigenvalue weighted by atomic mass is 10.1. The van der Waals surface area contributed by atoms with Crippen LogP contribution in [0.4, 0.5) is 0 Å². The summed E-state index contributed by atoms with van der Waals surface area (Å²) in [6.45, 7) is 6.76. The van der Waals surface area contributed by atoms with E-state index in [2.05, 4.69) is 36.4 Å². The Hall–Kier alpha value is -2.10. The number of benzene rings is 1. The zero-order valence-corrected chi connectivity index (χ0v) is 13.3. The molecule has 4 heteroatoms. The van der Waals surface area contributed by atoms with Crippen molar-refractivity contribution in [1.82, 2.24) is 15.1 Å². The van der Waals surface area contributed by atoms with Crippen LogP contribution < -0.4 is 5.32 Å². The average molecular weight is 295 g/mol. The van der Waals surface area contributed by atoms with Gasteiger partial charge < -0.3 is 5.32 Å². The maximum absolute atomic E-state index is 12.2. The van der Waals surface area contributed by atoms with Crippen LogP contribution in [0.3, 0.4) is 0 Å². The highest BCUT2D eigenvalue weighted by Crippen LogP contribution is 2.75. The van der Waals surface area contributed by atoms with Gasteiger partial charge >= 0.3 is 0 Å². The third-order valence-corrected chi connectivity index (χ3v) is 5.35. The van der Waals surface area contributed by atoms with E-state index < -0.39 is 0 Å². The zero-order chi connectivity index (χ0) is 15.5. The van der Waals surface area contributed by atoms with Crippen LogP contribution in [0.25, 0.3) is 5.69 Å². The zero-order valence-electron chi connectivity index (χ0n) is 13.3. The topological polar surface area (TPSA) is 46.9 Å². The molecule has 1 aromatic heterocycles. The highest BCUT2D eigenvalue weighted by Gasteiger charge is 2.74. The quantitative estimate of drug-likeness (QED) is 0.943. The van der Waals surface area contributed by atoms with Crippen molar-refractivity contribution in [3.8, 4) is 5.69 Å². The smallest absolute Gasteiger partial charge is 0.226 e. The summed E-state index contributed by atoms with van der Waals surface area (Å²) in [5.41, 5.74) is 5.55. The van der Waals surface area contributed by atoms with Gasteiger partial charge in [0.1, 0.15) is 0 Å². The lowest BCUT2D eigenvalue weighted by Gasteiger charge is -2.09. The van der Waals surface area contributed by atoms with Crippen LogP contribution in [-0.2, 0) is 11.3 Å². The molecule has 0 unspecified atom stereocenters. The number of nitrogens with one attached hydrogen (secondary N) is 1. The molecule has 22 heavy (non-hydrogen) atoms. The first kappa shape index (κ1) is 13.6. The third kappa shape index (κ3) is 1.90. The van der Waals surface area contributed by atoms with Crippen LogP contribution in [0, 0.1) is 32.1 Å². The van der Waals surface area contributed by atoms with E-state index in [1.807, 2.05) is 23.7 Å². The van der Waals surface area contributed by atoms with Gasteiger partial charge in [0, 0.05) is 17.8 Å². The molecule has 0 radical (unpaired) electrons.